The minimum absolute atomic E-state index is 0.0834. The molecule has 5 heteroatoms. The van der Waals surface area contributed by atoms with Crippen LogP contribution in [0.4, 0.5) is 0 Å². The second-order valence-corrected chi connectivity index (χ2v) is 14.4. The Hall–Kier alpha value is -6.85. The molecule has 3 heterocycles. The minimum Gasteiger partial charge on any atom is -0.454 e. The lowest BCUT2D eigenvalue weighted by molar-refractivity contribution is 0.660. The summed E-state index contributed by atoms with van der Waals surface area (Å²) in [6, 6.07) is 55.2. The summed E-state index contributed by atoms with van der Waals surface area (Å²) in [4.78, 5) is 15.5. The fraction of sp³-hybridized carbons (Fsp3) is 0.0625. The second kappa shape index (κ2) is 11.1. The number of furan rings is 1. The summed E-state index contributed by atoms with van der Waals surface area (Å²) in [7, 11) is 0. The third-order valence-corrected chi connectivity index (χ3v) is 11.1. The van der Waals surface area contributed by atoms with Crippen LogP contribution in [0.1, 0.15) is 25.0 Å². The SMILES string of the molecule is CC1(C)c2ccccc2-c2cc(-c3nc(-c4ccccc4)nc(-c4cccc5oc6c(-n7c8ccccc8c8ccccc87)cccc6c45)n3)ccc21. The van der Waals surface area contributed by atoms with Gasteiger partial charge in [-0.15, -0.1) is 0 Å². The van der Waals surface area contributed by atoms with Crippen LogP contribution in [0.5, 0.6) is 0 Å². The van der Waals surface area contributed by atoms with Crippen molar-refractivity contribution in [2.45, 2.75) is 19.3 Å². The van der Waals surface area contributed by atoms with Crippen LogP contribution in [0.3, 0.4) is 0 Å². The molecule has 11 rings (SSSR count). The van der Waals surface area contributed by atoms with Crippen LogP contribution in [0.2, 0.25) is 0 Å². The molecule has 10 aromatic rings. The average Bonchev–Trinajstić information content (AvgIpc) is 3.84. The Bertz CT molecular complexity index is 3040. The molecule has 0 saturated heterocycles. The van der Waals surface area contributed by atoms with Crippen molar-refractivity contribution in [3.63, 3.8) is 0 Å². The Morgan fingerprint density at radius 1 is 0.472 bits per heavy atom. The fourth-order valence-electron chi connectivity index (χ4n) is 8.58. The molecule has 5 nitrogen and oxygen atoms in total. The van der Waals surface area contributed by atoms with Crippen molar-refractivity contribution in [1.29, 1.82) is 0 Å². The van der Waals surface area contributed by atoms with E-state index in [2.05, 4.69) is 146 Å². The number of nitrogens with zero attached hydrogens (tertiary/aromatic N) is 4. The molecule has 0 bridgehead atoms. The normalized spacial score (nSPS) is 13.2. The number of para-hydroxylation sites is 3. The zero-order valence-electron chi connectivity index (χ0n) is 29.2. The van der Waals surface area contributed by atoms with E-state index in [1.807, 2.05) is 30.3 Å². The first-order valence-electron chi connectivity index (χ1n) is 18.0. The van der Waals surface area contributed by atoms with Crippen LogP contribution in [0.25, 0.3) is 94.7 Å². The van der Waals surface area contributed by atoms with Gasteiger partial charge in [-0.05, 0) is 52.6 Å². The van der Waals surface area contributed by atoms with E-state index in [1.165, 1.54) is 33.0 Å². The van der Waals surface area contributed by atoms with E-state index >= 15 is 0 Å². The van der Waals surface area contributed by atoms with Crippen LogP contribution in [-0.4, -0.2) is 19.5 Å². The van der Waals surface area contributed by atoms with E-state index in [0.29, 0.717) is 17.5 Å². The van der Waals surface area contributed by atoms with Crippen molar-refractivity contribution in [1.82, 2.24) is 19.5 Å². The second-order valence-electron chi connectivity index (χ2n) is 14.4. The minimum atomic E-state index is -0.0834. The van der Waals surface area contributed by atoms with Crippen molar-refractivity contribution in [3.05, 3.63) is 169 Å². The summed E-state index contributed by atoms with van der Waals surface area (Å²) < 4.78 is 9.12. The van der Waals surface area contributed by atoms with Crippen molar-refractivity contribution in [2.24, 2.45) is 0 Å². The van der Waals surface area contributed by atoms with E-state index in [-0.39, 0.29) is 5.41 Å². The first kappa shape index (κ1) is 29.8. The molecular weight excluding hydrogens is 649 g/mol. The Morgan fingerprint density at radius 2 is 1.08 bits per heavy atom. The molecule has 0 amide bonds. The molecular formula is C48H32N4O. The highest BCUT2D eigenvalue weighted by Gasteiger charge is 2.35. The molecule has 0 fully saturated rings. The Kier molecular flexibility index (Phi) is 6.23. The van der Waals surface area contributed by atoms with Gasteiger partial charge in [-0.25, -0.2) is 15.0 Å². The van der Waals surface area contributed by atoms with Gasteiger partial charge < -0.3 is 8.98 Å². The number of fused-ring (bicyclic) bond motifs is 9. The molecule has 3 aromatic heterocycles. The molecule has 250 valence electrons. The maximum Gasteiger partial charge on any atom is 0.164 e. The molecule has 7 aromatic carbocycles. The largest absolute Gasteiger partial charge is 0.454 e. The average molecular weight is 681 g/mol. The Balaban J connectivity index is 1.14. The quantitative estimate of drug-likeness (QED) is 0.186. The summed E-state index contributed by atoms with van der Waals surface area (Å²) in [5.41, 5.74) is 12.7. The van der Waals surface area contributed by atoms with E-state index in [0.717, 1.165) is 55.3 Å². The van der Waals surface area contributed by atoms with Gasteiger partial charge in [0.1, 0.15) is 5.58 Å². The zero-order valence-corrected chi connectivity index (χ0v) is 29.2. The van der Waals surface area contributed by atoms with Crippen LogP contribution in [-0.2, 0) is 5.41 Å². The lowest BCUT2D eigenvalue weighted by Gasteiger charge is -2.21. The van der Waals surface area contributed by atoms with Gasteiger partial charge in [0, 0.05) is 43.7 Å². The van der Waals surface area contributed by atoms with Crippen LogP contribution >= 0.6 is 0 Å². The van der Waals surface area contributed by atoms with Crippen molar-refractivity contribution in [3.8, 4) is 51.0 Å². The van der Waals surface area contributed by atoms with E-state index in [9.17, 15) is 0 Å². The van der Waals surface area contributed by atoms with Crippen molar-refractivity contribution in [2.75, 3.05) is 0 Å². The molecule has 0 spiro atoms. The van der Waals surface area contributed by atoms with Gasteiger partial charge in [-0.1, -0.05) is 141 Å². The highest BCUT2D eigenvalue weighted by molar-refractivity contribution is 6.15. The monoisotopic (exact) mass is 680 g/mol. The molecule has 0 radical (unpaired) electrons. The van der Waals surface area contributed by atoms with Gasteiger partial charge in [0.05, 0.1) is 16.7 Å². The van der Waals surface area contributed by atoms with Gasteiger partial charge in [-0.3, -0.25) is 0 Å². The third-order valence-electron chi connectivity index (χ3n) is 11.1. The number of benzene rings is 7. The number of hydrogen-bond donors (Lipinski definition) is 0. The molecule has 0 unspecified atom stereocenters. The molecule has 0 N–H and O–H groups in total. The maximum absolute atomic E-state index is 6.81. The maximum atomic E-state index is 6.81. The summed E-state index contributed by atoms with van der Waals surface area (Å²) in [6.45, 7) is 4.60. The first-order chi connectivity index (χ1) is 26.0. The molecule has 0 atom stereocenters. The number of rotatable bonds is 4. The summed E-state index contributed by atoms with van der Waals surface area (Å²) in [5, 5.41) is 4.41. The van der Waals surface area contributed by atoms with Gasteiger partial charge in [-0.2, -0.15) is 0 Å². The Morgan fingerprint density at radius 3 is 1.87 bits per heavy atom. The summed E-state index contributed by atoms with van der Waals surface area (Å²) >= 11 is 0. The molecule has 1 aliphatic carbocycles. The van der Waals surface area contributed by atoms with Gasteiger partial charge >= 0.3 is 0 Å². The third kappa shape index (κ3) is 4.34. The number of hydrogen-bond acceptors (Lipinski definition) is 4. The lowest BCUT2D eigenvalue weighted by Crippen LogP contribution is -2.14. The summed E-state index contributed by atoms with van der Waals surface area (Å²) in [6.07, 6.45) is 0. The van der Waals surface area contributed by atoms with Gasteiger partial charge in [0.2, 0.25) is 0 Å². The van der Waals surface area contributed by atoms with Gasteiger partial charge in [0.25, 0.3) is 0 Å². The predicted octanol–water partition coefficient (Wildman–Crippen LogP) is 12.2. The molecule has 1 aliphatic rings. The lowest BCUT2D eigenvalue weighted by atomic mass is 9.82. The highest BCUT2D eigenvalue weighted by atomic mass is 16.3. The topological polar surface area (TPSA) is 56.7 Å². The van der Waals surface area contributed by atoms with E-state index in [1.54, 1.807) is 0 Å². The van der Waals surface area contributed by atoms with Crippen LogP contribution in [0.15, 0.2) is 162 Å². The van der Waals surface area contributed by atoms with Crippen molar-refractivity contribution < 1.29 is 4.42 Å². The molecule has 0 saturated carbocycles. The number of aromatic nitrogens is 4. The van der Waals surface area contributed by atoms with Crippen molar-refractivity contribution >= 4 is 43.7 Å². The molecule has 53 heavy (non-hydrogen) atoms. The van der Waals surface area contributed by atoms with Crippen LogP contribution in [0, 0.1) is 0 Å². The predicted molar refractivity (Wildman–Crippen MR) is 215 cm³/mol. The standard InChI is InChI=1S/C48H32N4O/c1-48(2)37-21-9-6-16-31(37)36-28-30(26-27-38(36)48)46-49-45(29-14-4-3-5-15-29)50-47(51-46)35-20-13-25-42-43(35)34-19-12-24-41(44(34)53-42)52-39-22-10-7-17-32(39)33-18-8-11-23-40(33)52/h3-28H,1-2H3. The van der Waals surface area contributed by atoms with Gasteiger partial charge in [0.15, 0.2) is 23.1 Å². The fourth-order valence-corrected chi connectivity index (χ4v) is 8.58. The zero-order chi connectivity index (χ0) is 35.3. The smallest absolute Gasteiger partial charge is 0.164 e. The van der Waals surface area contributed by atoms with Crippen LogP contribution < -0.4 is 0 Å². The van der Waals surface area contributed by atoms with E-state index in [4.69, 9.17) is 19.4 Å². The first-order valence-corrected chi connectivity index (χ1v) is 18.0. The van der Waals surface area contributed by atoms with E-state index < -0.39 is 0 Å². The Labute approximate surface area is 305 Å². The highest BCUT2D eigenvalue weighted by Crippen LogP contribution is 2.49. The summed E-state index contributed by atoms with van der Waals surface area (Å²) in [5.74, 6) is 1.86. The molecule has 0 aliphatic heterocycles.